The van der Waals surface area contributed by atoms with Crippen molar-refractivity contribution in [3.8, 4) is 0 Å². The number of furan rings is 1. The van der Waals surface area contributed by atoms with Crippen molar-refractivity contribution in [2.45, 2.75) is 25.9 Å². The van der Waals surface area contributed by atoms with E-state index < -0.39 is 0 Å². The zero-order valence-electron chi connectivity index (χ0n) is 10.9. The first-order valence-electron chi connectivity index (χ1n) is 6.28. The summed E-state index contributed by atoms with van der Waals surface area (Å²) in [5.74, 6) is 1.82. The van der Waals surface area contributed by atoms with Gasteiger partial charge in [-0.1, -0.05) is 30.3 Å². The zero-order valence-corrected chi connectivity index (χ0v) is 10.9. The predicted molar refractivity (Wildman–Crippen MR) is 73.2 cm³/mol. The average molecular weight is 244 g/mol. The van der Waals surface area contributed by atoms with Crippen molar-refractivity contribution in [2.75, 3.05) is 6.54 Å². The maximum atomic E-state index is 5.82. The zero-order chi connectivity index (χ0) is 13.0. The van der Waals surface area contributed by atoms with Crippen molar-refractivity contribution in [1.82, 2.24) is 5.32 Å². The van der Waals surface area contributed by atoms with Gasteiger partial charge < -0.3 is 10.2 Å². The number of nitrogens with two attached hydrogens (primary N) is 1. The molecule has 3 N–H and O–H groups in total. The van der Waals surface area contributed by atoms with Gasteiger partial charge in [-0.05, 0) is 31.5 Å². The predicted octanol–water partition coefficient (Wildman–Crippen LogP) is 2.94. The molecule has 2 atom stereocenters. The van der Waals surface area contributed by atoms with E-state index in [9.17, 15) is 0 Å². The number of hydrogen-bond donors (Lipinski definition) is 2. The first-order valence-corrected chi connectivity index (χ1v) is 6.28. The summed E-state index contributed by atoms with van der Waals surface area (Å²) in [6.07, 6.45) is 0. The fraction of sp³-hybridized carbons (Fsp3) is 0.333. The highest BCUT2D eigenvalue weighted by atomic mass is 16.3. The highest BCUT2D eigenvalue weighted by Gasteiger charge is 2.16. The van der Waals surface area contributed by atoms with Crippen molar-refractivity contribution < 1.29 is 4.42 Å². The second-order valence-electron chi connectivity index (χ2n) is 4.54. The van der Waals surface area contributed by atoms with Gasteiger partial charge in [0.2, 0.25) is 0 Å². The standard InChI is InChI=1S/C15H20N2O/c1-11-8-9-15(18-11)14(10-16)17-12(2)13-6-4-3-5-7-13/h3-9,12,14,17H,10,16H2,1-2H3. The van der Waals surface area contributed by atoms with E-state index in [4.69, 9.17) is 10.2 Å². The second-order valence-corrected chi connectivity index (χ2v) is 4.54. The summed E-state index contributed by atoms with van der Waals surface area (Å²) in [5.41, 5.74) is 7.07. The maximum Gasteiger partial charge on any atom is 0.122 e. The van der Waals surface area contributed by atoms with Crippen LogP contribution in [0.4, 0.5) is 0 Å². The lowest BCUT2D eigenvalue weighted by Gasteiger charge is -2.21. The highest BCUT2D eigenvalue weighted by molar-refractivity contribution is 5.19. The molecule has 3 nitrogen and oxygen atoms in total. The first-order chi connectivity index (χ1) is 8.70. The molecule has 3 heteroatoms. The summed E-state index contributed by atoms with van der Waals surface area (Å²) >= 11 is 0. The van der Waals surface area contributed by atoms with Crippen LogP contribution in [-0.4, -0.2) is 6.54 Å². The van der Waals surface area contributed by atoms with Crippen molar-refractivity contribution in [1.29, 1.82) is 0 Å². The van der Waals surface area contributed by atoms with Crippen LogP contribution >= 0.6 is 0 Å². The molecule has 1 aromatic carbocycles. The molecule has 1 aromatic heterocycles. The van der Waals surface area contributed by atoms with Crippen LogP contribution in [0.3, 0.4) is 0 Å². The lowest BCUT2D eigenvalue weighted by atomic mass is 10.1. The van der Waals surface area contributed by atoms with Gasteiger partial charge in [0.15, 0.2) is 0 Å². The molecule has 2 aromatic rings. The summed E-state index contributed by atoms with van der Waals surface area (Å²) in [6, 6.07) is 14.6. The van der Waals surface area contributed by atoms with Gasteiger partial charge >= 0.3 is 0 Å². The molecule has 0 bridgehead atoms. The van der Waals surface area contributed by atoms with E-state index in [1.807, 2.05) is 37.3 Å². The number of rotatable bonds is 5. The molecule has 0 fully saturated rings. The molecule has 0 amide bonds. The Morgan fingerprint density at radius 2 is 1.89 bits per heavy atom. The first kappa shape index (κ1) is 12.9. The summed E-state index contributed by atoms with van der Waals surface area (Å²) < 4.78 is 5.63. The fourth-order valence-corrected chi connectivity index (χ4v) is 2.05. The normalized spacial score (nSPS) is 14.4. The molecular formula is C15H20N2O. The van der Waals surface area contributed by atoms with Gasteiger partial charge in [0.1, 0.15) is 11.5 Å². The van der Waals surface area contributed by atoms with Crippen molar-refractivity contribution in [3.05, 3.63) is 59.5 Å². The van der Waals surface area contributed by atoms with Crippen molar-refractivity contribution in [3.63, 3.8) is 0 Å². The largest absolute Gasteiger partial charge is 0.465 e. The fourth-order valence-electron chi connectivity index (χ4n) is 2.05. The minimum absolute atomic E-state index is 0.0499. The van der Waals surface area contributed by atoms with E-state index in [0.717, 1.165) is 11.5 Å². The van der Waals surface area contributed by atoms with Crippen LogP contribution in [0.5, 0.6) is 0 Å². The topological polar surface area (TPSA) is 51.2 Å². The third kappa shape index (κ3) is 3.00. The Bertz CT molecular complexity index is 478. The van der Waals surface area contributed by atoms with Gasteiger partial charge in [0, 0.05) is 12.6 Å². The van der Waals surface area contributed by atoms with Gasteiger partial charge in [0.25, 0.3) is 0 Å². The highest BCUT2D eigenvalue weighted by Crippen LogP contribution is 2.20. The summed E-state index contributed by atoms with van der Waals surface area (Å²) in [6.45, 7) is 4.59. The van der Waals surface area contributed by atoms with Crippen LogP contribution in [0.1, 0.15) is 36.1 Å². The average Bonchev–Trinajstić information content (AvgIpc) is 2.83. The molecule has 0 spiro atoms. The van der Waals surface area contributed by atoms with E-state index in [-0.39, 0.29) is 12.1 Å². The molecule has 0 aliphatic heterocycles. The van der Waals surface area contributed by atoms with Gasteiger partial charge in [-0.2, -0.15) is 0 Å². The molecule has 2 rings (SSSR count). The van der Waals surface area contributed by atoms with Gasteiger partial charge in [-0.25, -0.2) is 0 Å². The lowest BCUT2D eigenvalue weighted by molar-refractivity contribution is 0.380. The Hall–Kier alpha value is -1.58. The van der Waals surface area contributed by atoms with Crippen LogP contribution in [0.2, 0.25) is 0 Å². The number of nitrogens with one attached hydrogen (secondary N) is 1. The Morgan fingerprint density at radius 3 is 2.44 bits per heavy atom. The van der Waals surface area contributed by atoms with Crippen LogP contribution < -0.4 is 11.1 Å². The molecule has 0 radical (unpaired) electrons. The Labute approximate surface area is 108 Å². The Morgan fingerprint density at radius 1 is 1.17 bits per heavy atom. The van der Waals surface area contributed by atoms with E-state index in [1.54, 1.807) is 0 Å². The minimum Gasteiger partial charge on any atom is -0.465 e. The SMILES string of the molecule is Cc1ccc(C(CN)NC(C)c2ccccc2)o1. The summed E-state index contributed by atoms with van der Waals surface area (Å²) in [5, 5.41) is 3.49. The number of aryl methyl sites for hydroxylation is 1. The molecule has 0 saturated heterocycles. The van der Waals surface area contributed by atoms with E-state index in [2.05, 4.69) is 24.4 Å². The smallest absolute Gasteiger partial charge is 0.122 e. The van der Waals surface area contributed by atoms with Gasteiger partial charge in [-0.15, -0.1) is 0 Å². The van der Waals surface area contributed by atoms with E-state index in [1.165, 1.54) is 5.56 Å². The third-order valence-electron chi connectivity index (χ3n) is 3.09. The van der Waals surface area contributed by atoms with Crippen LogP contribution in [0, 0.1) is 6.92 Å². The van der Waals surface area contributed by atoms with E-state index >= 15 is 0 Å². The molecule has 18 heavy (non-hydrogen) atoms. The molecule has 1 heterocycles. The van der Waals surface area contributed by atoms with Crippen LogP contribution in [-0.2, 0) is 0 Å². The summed E-state index contributed by atoms with van der Waals surface area (Å²) in [4.78, 5) is 0. The second kappa shape index (κ2) is 5.85. The molecule has 0 aliphatic carbocycles. The quantitative estimate of drug-likeness (QED) is 0.850. The minimum atomic E-state index is 0.0499. The molecule has 96 valence electrons. The van der Waals surface area contributed by atoms with Crippen LogP contribution in [0.15, 0.2) is 46.9 Å². The van der Waals surface area contributed by atoms with Gasteiger partial charge in [0.05, 0.1) is 6.04 Å². The number of hydrogen-bond acceptors (Lipinski definition) is 3. The lowest BCUT2D eigenvalue weighted by Crippen LogP contribution is -2.30. The molecule has 0 aliphatic rings. The van der Waals surface area contributed by atoms with Gasteiger partial charge in [-0.3, -0.25) is 5.32 Å². The molecular weight excluding hydrogens is 224 g/mol. The van der Waals surface area contributed by atoms with Crippen molar-refractivity contribution in [2.24, 2.45) is 5.73 Å². The Kier molecular flexibility index (Phi) is 4.18. The summed E-state index contributed by atoms with van der Waals surface area (Å²) in [7, 11) is 0. The third-order valence-corrected chi connectivity index (χ3v) is 3.09. The monoisotopic (exact) mass is 244 g/mol. The number of benzene rings is 1. The molecule has 0 saturated carbocycles. The molecule has 2 unspecified atom stereocenters. The van der Waals surface area contributed by atoms with Crippen molar-refractivity contribution >= 4 is 0 Å². The van der Waals surface area contributed by atoms with E-state index in [0.29, 0.717) is 6.54 Å². The Balaban J connectivity index is 2.07. The maximum absolute atomic E-state index is 5.82. The van der Waals surface area contributed by atoms with Crippen LogP contribution in [0.25, 0.3) is 0 Å².